The summed E-state index contributed by atoms with van der Waals surface area (Å²) in [5.41, 5.74) is 0.653. The Bertz CT molecular complexity index is 288. The van der Waals surface area contributed by atoms with Gasteiger partial charge in [0, 0.05) is 0 Å². The average molecular weight is 282 g/mol. The van der Waals surface area contributed by atoms with Gasteiger partial charge in [-0.05, 0) is 21.1 Å². The van der Waals surface area contributed by atoms with E-state index < -0.39 is 0 Å². The molecule has 1 aromatic heterocycles. The second kappa shape index (κ2) is 6.87. The Balaban J connectivity index is 0.000000310. The molecule has 0 aliphatic rings. The zero-order valence-corrected chi connectivity index (χ0v) is 11.4. The van der Waals surface area contributed by atoms with Crippen LogP contribution in [0.25, 0.3) is 0 Å². The van der Waals surface area contributed by atoms with Crippen LogP contribution in [-0.2, 0) is 0 Å². The average Bonchev–Trinajstić information content (AvgIpc) is 2.03. The van der Waals surface area contributed by atoms with Crippen LogP contribution in [0.2, 0.25) is 0 Å². The van der Waals surface area contributed by atoms with Crippen LogP contribution in [-0.4, -0.2) is 53.6 Å². The molecule has 3 nitrogen and oxygen atoms in total. The fourth-order valence-corrected chi connectivity index (χ4v) is 1.28. The van der Waals surface area contributed by atoms with Crippen LogP contribution >= 0.6 is 0 Å². The summed E-state index contributed by atoms with van der Waals surface area (Å²) in [5, 5.41) is 8.39. The third-order valence-electron chi connectivity index (χ3n) is 0.888. The van der Waals surface area contributed by atoms with Crippen molar-refractivity contribution in [3.8, 4) is 6.07 Å². The quantitative estimate of drug-likeness (QED) is 0.611. The van der Waals surface area contributed by atoms with Crippen molar-refractivity contribution in [2.45, 2.75) is 0 Å². The van der Waals surface area contributed by atoms with Crippen LogP contribution < -0.4 is 3.58 Å². The van der Waals surface area contributed by atoms with Crippen molar-refractivity contribution in [2.75, 3.05) is 21.1 Å². The normalized spacial score (nSPS) is 8.62. The van der Waals surface area contributed by atoms with Crippen molar-refractivity contribution in [2.24, 2.45) is 0 Å². The van der Waals surface area contributed by atoms with Gasteiger partial charge in [0.15, 0.2) is 0 Å². The summed E-state index contributed by atoms with van der Waals surface area (Å²) in [6, 6.07) is 3.88. The Kier molecular flexibility index (Phi) is 6.55. The zero-order valence-electron chi connectivity index (χ0n) is 8.15. The summed E-state index contributed by atoms with van der Waals surface area (Å²) in [6.45, 7) is 0. The van der Waals surface area contributed by atoms with Crippen LogP contribution in [0, 0.1) is 11.3 Å². The van der Waals surface area contributed by atoms with Crippen LogP contribution in [0.4, 0.5) is 0 Å². The van der Waals surface area contributed by atoms with Crippen molar-refractivity contribution in [1.29, 1.82) is 5.26 Å². The van der Waals surface area contributed by atoms with Gasteiger partial charge in [-0.25, -0.2) is 0 Å². The van der Waals surface area contributed by atoms with E-state index in [0.29, 0.717) is 5.56 Å². The molecule has 0 atom stereocenters. The topological polar surface area (TPSA) is 39.9 Å². The summed E-state index contributed by atoms with van der Waals surface area (Å²) >= 11 is 1.02. The number of aromatic nitrogens is 1. The van der Waals surface area contributed by atoms with Crippen molar-refractivity contribution in [1.82, 2.24) is 9.88 Å². The van der Waals surface area contributed by atoms with Crippen LogP contribution in [0.3, 0.4) is 0 Å². The third-order valence-corrected chi connectivity index (χ3v) is 1.79. The molecule has 0 saturated carbocycles. The molecule has 0 amide bonds. The SMILES string of the molecule is CN(C)C.N#Cc1cnc[c]([SnH])c1. The molecule has 1 aromatic rings. The molecule has 1 heterocycles. The standard InChI is InChI=1S/C6H3N2.C3H9N.Sn.H/c7-4-6-2-1-3-8-5-6;1-4(2)3;;/h2-3,5H;1-3H3;;. The van der Waals surface area contributed by atoms with Crippen molar-refractivity contribution in [3.05, 3.63) is 24.0 Å². The van der Waals surface area contributed by atoms with E-state index >= 15 is 0 Å². The van der Waals surface area contributed by atoms with Gasteiger partial charge in [-0.15, -0.1) is 0 Å². The maximum absolute atomic E-state index is 8.39. The van der Waals surface area contributed by atoms with E-state index in [-0.39, 0.29) is 0 Å². The fourth-order valence-electron chi connectivity index (χ4n) is 0.519. The molecule has 4 heteroatoms. The van der Waals surface area contributed by atoms with Gasteiger partial charge in [0.1, 0.15) is 0 Å². The summed E-state index contributed by atoms with van der Waals surface area (Å²) in [4.78, 5) is 5.87. The number of hydrogen-bond donors (Lipinski definition) is 0. The van der Waals surface area contributed by atoms with E-state index in [1.165, 1.54) is 0 Å². The maximum atomic E-state index is 8.39. The molecule has 0 bridgehead atoms. The van der Waals surface area contributed by atoms with E-state index in [1.807, 2.05) is 38.2 Å². The summed E-state index contributed by atoms with van der Waals surface area (Å²) < 4.78 is 1.15. The van der Waals surface area contributed by atoms with Crippen molar-refractivity contribution >= 4 is 26.1 Å². The molecule has 2 radical (unpaired) electrons. The van der Waals surface area contributed by atoms with Gasteiger partial charge in [-0.3, -0.25) is 0 Å². The number of pyridine rings is 1. The third kappa shape index (κ3) is 7.75. The Labute approximate surface area is 92.5 Å². The molecule has 0 saturated heterocycles. The number of nitrogens with zero attached hydrogens (tertiary/aromatic N) is 3. The summed E-state index contributed by atoms with van der Waals surface area (Å²) in [6.07, 6.45) is 3.35. The van der Waals surface area contributed by atoms with E-state index in [0.717, 1.165) is 26.1 Å². The molecule has 0 N–H and O–H groups in total. The Morgan fingerprint density at radius 1 is 1.38 bits per heavy atom. The predicted molar refractivity (Wildman–Crippen MR) is 55.3 cm³/mol. The van der Waals surface area contributed by atoms with Gasteiger partial charge in [-0.1, -0.05) is 0 Å². The summed E-state index contributed by atoms with van der Waals surface area (Å²) in [7, 11) is 6.00. The molecule has 0 aromatic carbocycles. The van der Waals surface area contributed by atoms with Crippen LogP contribution in [0.5, 0.6) is 0 Å². The second-order valence-corrected chi connectivity index (χ2v) is 4.86. The van der Waals surface area contributed by atoms with E-state index in [2.05, 4.69) is 4.98 Å². The van der Waals surface area contributed by atoms with Crippen molar-refractivity contribution in [3.63, 3.8) is 0 Å². The van der Waals surface area contributed by atoms with E-state index in [4.69, 9.17) is 5.26 Å². The molecule has 13 heavy (non-hydrogen) atoms. The molecule has 0 spiro atoms. The van der Waals surface area contributed by atoms with Gasteiger partial charge < -0.3 is 4.90 Å². The van der Waals surface area contributed by atoms with E-state index in [1.54, 1.807) is 12.4 Å². The van der Waals surface area contributed by atoms with Gasteiger partial charge in [0.2, 0.25) is 0 Å². The Morgan fingerprint density at radius 3 is 2.23 bits per heavy atom. The summed E-state index contributed by atoms with van der Waals surface area (Å²) in [5.74, 6) is 0. The Morgan fingerprint density at radius 2 is 1.92 bits per heavy atom. The number of rotatable bonds is 0. The zero-order chi connectivity index (χ0) is 10.3. The van der Waals surface area contributed by atoms with Gasteiger partial charge >= 0.3 is 66.4 Å². The monoisotopic (exact) mass is 283 g/mol. The predicted octanol–water partition coefficient (Wildman–Crippen LogP) is -0.343. The first-order chi connectivity index (χ1) is 6.06. The van der Waals surface area contributed by atoms with Crippen LogP contribution in [0.15, 0.2) is 18.5 Å². The second-order valence-electron chi connectivity index (χ2n) is 2.96. The molecular formula is C9H13N3Sn. The van der Waals surface area contributed by atoms with E-state index in [9.17, 15) is 0 Å². The fraction of sp³-hybridized carbons (Fsp3) is 0.333. The van der Waals surface area contributed by atoms with Crippen molar-refractivity contribution < 1.29 is 0 Å². The number of nitriles is 1. The molecule has 0 unspecified atom stereocenters. The van der Waals surface area contributed by atoms with Gasteiger partial charge in [0.05, 0.1) is 0 Å². The number of hydrogen-bond acceptors (Lipinski definition) is 3. The van der Waals surface area contributed by atoms with Gasteiger partial charge in [-0.2, -0.15) is 0 Å². The van der Waals surface area contributed by atoms with Crippen LogP contribution in [0.1, 0.15) is 5.56 Å². The molecule has 0 aliphatic carbocycles. The molecule has 0 fully saturated rings. The first-order valence-corrected chi connectivity index (χ1v) is 5.42. The van der Waals surface area contributed by atoms with Gasteiger partial charge in [0.25, 0.3) is 0 Å². The molecule has 1 rings (SSSR count). The first kappa shape index (κ1) is 12.4. The first-order valence-electron chi connectivity index (χ1n) is 3.78. The molecule has 68 valence electrons. The minimum atomic E-state index is 0.653. The molecule has 0 aliphatic heterocycles. The Hall–Kier alpha value is -0.601. The minimum absolute atomic E-state index is 0.653. The molecular weight excluding hydrogens is 269 g/mol.